The second kappa shape index (κ2) is 7.63. The van der Waals surface area contributed by atoms with Crippen LogP contribution in [0.3, 0.4) is 0 Å². The Bertz CT molecular complexity index is 702. The van der Waals surface area contributed by atoms with Gasteiger partial charge in [-0.2, -0.15) is 9.64 Å². The Hall–Kier alpha value is -1.13. The normalized spacial score (nSPS) is 16.2. The molecule has 1 fully saturated rings. The predicted molar refractivity (Wildman–Crippen MR) is 97.9 cm³/mol. The van der Waals surface area contributed by atoms with Gasteiger partial charge in [0, 0.05) is 30.1 Å². The smallest absolute Gasteiger partial charge is 0.162 e. The molecule has 1 aromatic heterocycles. The molecule has 120 valence electrons. The summed E-state index contributed by atoms with van der Waals surface area (Å²) in [6.45, 7) is 3.07. The first-order valence-corrected chi connectivity index (χ1v) is 9.39. The van der Waals surface area contributed by atoms with Gasteiger partial charge < -0.3 is 5.32 Å². The summed E-state index contributed by atoms with van der Waals surface area (Å²) in [7, 11) is 0. The van der Waals surface area contributed by atoms with Gasteiger partial charge in [-0.25, -0.2) is 0 Å². The predicted octanol–water partition coefficient (Wildman–Crippen LogP) is 4.51. The Morgan fingerprint density at radius 1 is 1.35 bits per heavy atom. The first-order chi connectivity index (χ1) is 11.2. The molecule has 0 spiro atoms. The van der Waals surface area contributed by atoms with Crippen molar-refractivity contribution in [1.29, 1.82) is 5.26 Å². The maximum Gasteiger partial charge on any atom is 0.162 e. The number of benzene rings is 1. The third-order valence-electron chi connectivity index (χ3n) is 4.00. The summed E-state index contributed by atoms with van der Waals surface area (Å²) < 4.78 is 5.15. The number of rotatable bonds is 4. The van der Waals surface area contributed by atoms with E-state index < -0.39 is 0 Å². The van der Waals surface area contributed by atoms with Crippen LogP contribution in [0, 0.1) is 11.3 Å². The highest BCUT2D eigenvalue weighted by Gasteiger charge is 2.21. The summed E-state index contributed by atoms with van der Waals surface area (Å²) in [5.74, 6) is 0. The Kier molecular flexibility index (Phi) is 5.54. The molecule has 1 saturated heterocycles. The van der Waals surface area contributed by atoms with Gasteiger partial charge in [-0.15, -0.1) is 0 Å². The summed E-state index contributed by atoms with van der Waals surface area (Å²) in [6.07, 6.45) is 2.10. The lowest BCUT2D eigenvalue weighted by Crippen LogP contribution is -2.38. The van der Waals surface area contributed by atoms with Gasteiger partial charge in [0.1, 0.15) is 16.6 Å². The first kappa shape index (κ1) is 16.7. The van der Waals surface area contributed by atoms with E-state index in [-0.39, 0.29) is 0 Å². The molecule has 3 rings (SSSR count). The molecule has 4 nitrogen and oxygen atoms in total. The molecule has 7 heteroatoms. The van der Waals surface area contributed by atoms with Crippen molar-refractivity contribution in [3.8, 4) is 6.07 Å². The van der Waals surface area contributed by atoms with E-state index >= 15 is 0 Å². The molecule has 2 aromatic rings. The van der Waals surface area contributed by atoms with Crippen molar-refractivity contribution in [3.63, 3.8) is 0 Å². The van der Waals surface area contributed by atoms with Gasteiger partial charge in [-0.05, 0) is 42.1 Å². The number of nitrogens with zero attached hydrogens (tertiary/aromatic N) is 3. The van der Waals surface area contributed by atoms with Crippen LogP contribution in [0.1, 0.15) is 24.0 Å². The molecule has 0 unspecified atom stereocenters. The van der Waals surface area contributed by atoms with Crippen LogP contribution in [-0.2, 0) is 6.54 Å². The lowest BCUT2D eigenvalue weighted by atomic mass is 10.0. The van der Waals surface area contributed by atoms with Crippen LogP contribution in [0.5, 0.6) is 0 Å². The van der Waals surface area contributed by atoms with E-state index in [4.69, 9.17) is 16.9 Å². The van der Waals surface area contributed by atoms with Gasteiger partial charge >= 0.3 is 0 Å². The third-order valence-corrected chi connectivity index (χ3v) is 5.69. The molecule has 1 aliphatic rings. The Morgan fingerprint density at radius 3 is 2.70 bits per heavy atom. The minimum absolute atomic E-state index is 0.299. The van der Waals surface area contributed by atoms with Crippen LogP contribution in [-0.4, -0.2) is 28.4 Å². The summed E-state index contributed by atoms with van der Waals surface area (Å²) >= 11 is 10.6. The van der Waals surface area contributed by atoms with Gasteiger partial charge in [-0.1, -0.05) is 39.7 Å². The van der Waals surface area contributed by atoms with E-state index in [1.54, 1.807) is 0 Å². The number of aromatic nitrogens is 1. The van der Waals surface area contributed by atoms with E-state index in [9.17, 15) is 0 Å². The minimum Gasteiger partial charge on any atom is -0.372 e. The summed E-state index contributed by atoms with van der Waals surface area (Å²) in [5.41, 5.74) is 1.80. The average Bonchev–Trinajstić information content (AvgIpc) is 2.91. The SMILES string of the molecule is N#Cc1c(Cl)nsc1NC1CCN(Cc2ccc(Br)cc2)CC1. The second-order valence-electron chi connectivity index (χ2n) is 5.61. The van der Waals surface area contributed by atoms with Crippen molar-refractivity contribution < 1.29 is 0 Å². The van der Waals surface area contributed by atoms with E-state index in [1.165, 1.54) is 17.1 Å². The zero-order chi connectivity index (χ0) is 16.2. The van der Waals surface area contributed by atoms with Crippen molar-refractivity contribution in [2.75, 3.05) is 18.4 Å². The lowest BCUT2D eigenvalue weighted by Gasteiger charge is -2.32. The van der Waals surface area contributed by atoms with Gasteiger partial charge in [0.15, 0.2) is 5.15 Å². The zero-order valence-electron chi connectivity index (χ0n) is 12.4. The molecule has 0 amide bonds. The largest absolute Gasteiger partial charge is 0.372 e. The highest BCUT2D eigenvalue weighted by atomic mass is 79.9. The van der Waals surface area contributed by atoms with Crippen LogP contribution in [0.15, 0.2) is 28.7 Å². The average molecular weight is 412 g/mol. The number of halogens is 2. The molecule has 1 aromatic carbocycles. The van der Waals surface area contributed by atoms with E-state index in [2.05, 4.69) is 60.9 Å². The van der Waals surface area contributed by atoms with Gasteiger partial charge in [0.05, 0.1) is 0 Å². The fraction of sp³-hybridized carbons (Fsp3) is 0.375. The molecule has 2 heterocycles. The van der Waals surface area contributed by atoms with Crippen molar-refractivity contribution >= 4 is 44.1 Å². The topological polar surface area (TPSA) is 52.0 Å². The van der Waals surface area contributed by atoms with Gasteiger partial charge in [0.25, 0.3) is 0 Å². The van der Waals surface area contributed by atoms with E-state index in [1.807, 2.05) is 0 Å². The summed E-state index contributed by atoms with van der Waals surface area (Å²) in [5, 5.41) is 13.6. The quantitative estimate of drug-likeness (QED) is 0.804. The number of anilines is 1. The molecule has 1 N–H and O–H groups in total. The molecule has 0 bridgehead atoms. The number of nitrogens with one attached hydrogen (secondary N) is 1. The third kappa shape index (κ3) is 4.24. The second-order valence-corrected chi connectivity index (χ2v) is 7.66. The zero-order valence-corrected chi connectivity index (χ0v) is 15.6. The fourth-order valence-corrected chi connectivity index (χ4v) is 4.01. The van der Waals surface area contributed by atoms with Crippen LogP contribution in [0.4, 0.5) is 5.00 Å². The van der Waals surface area contributed by atoms with Gasteiger partial charge in [0.2, 0.25) is 0 Å². The highest BCUT2D eigenvalue weighted by Crippen LogP contribution is 2.29. The van der Waals surface area contributed by atoms with Crippen LogP contribution in [0.25, 0.3) is 0 Å². The molecular weight excluding hydrogens is 396 g/mol. The minimum atomic E-state index is 0.299. The first-order valence-electron chi connectivity index (χ1n) is 7.44. The number of piperidine rings is 1. The maximum atomic E-state index is 9.12. The highest BCUT2D eigenvalue weighted by molar-refractivity contribution is 9.10. The molecule has 0 radical (unpaired) electrons. The Morgan fingerprint density at radius 2 is 2.04 bits per heavy atom. The van der Waals surface area contributed by atoms with Crippen molar-refractivity contribution in [2.45, 2.75) is 25.4 Å². The number of hydrogen-bond donors (Lipinski definition) is 1. The maximum absolute atomic E-state index is 9.12. The fourth-order valence-electron chi connectivity index (χ4n) is 2.73. The molecule has 0 aliphatic carbocycles. The number of hydrogen-bond acceptors (Lipinski definition) is 5. The molecule has 23 heavy (non-hydrogen) atoms. The van der Waals surface area contributed by atoms with Crippen LogP contribution < -0.4 is 5.32 Å². The van der Waals surface area contributed by atoms with Crippen LogP contribution in [0.2, 0.25) is 5.15 Å². The number of likely N-dealkylation sites (tertiary alicyclic amines) is 1. The molecule has 0 saturated carbocycles. The summed E-state index contributed by atoms with van der Waals surface area (Å²) in [4.78, 5) is 2.46. The van der Waals surface area contributed by atoms with Crippen molar-refractivity contribution in [1.82, 2.24) is 9.27 Å². The molecule has 0 atom stereocenters. The monoisotopic (exact) mass is 410 g/mol. The van der Waals surface area contributed by atoms with E-state index in [0.717, 1.165) is 41.9 Å². The van der Waals surface area contributed by atoms with Crippen molar-refractivity contribution in [2.24, 2.45) is 0 Å². The van der Waals surface area contributed by atoms with Gasteiger partial charge in [-0.3, -0.25) is 4.90 Å². The molecule has 1 aliphatic heterocycles. The van der Waals surface area contributed by atoms with Crippen LogP contribution >= 0.6 is 39.1 Å². The Balaban J connectivity index is 1.52. The summed E-state index contributed by atoms with van der Waals surface area (Å²) in [6, 6.07) is 11.0. The number of nitriles is 1. The van der Waals surface area contributed by atoms with E-state index in [0.29, 0.717) is 16.8 Å². The standard InChI is InChI=1S/C16H16BrClN4S/c17-12-3-1-11(2-4-12)10-22-7-5-13(6-8-22)20-16-14(9-19)15(18)21-23-16/h1-4,13,20H,5-8,10H2. The lowest BCUT2D eigenvalue weighted by molar-refractivity contribution is 0.211. The molecular formula is C16H16BrClN4S. The van der Waals surface area contributed by atoms with Crippen molar-refractivity contribution in [3.05, 3.63) is 45.0 Å². The Labute approximate surface area is 153 Å².